The van der Waals surface area contributed by atoms with E-state index < -0.39 is 5.82 Å². The van der Waals surface area contributed by atoms with Gasteiger partial charge in [-0.1, -0.05) is 46.3 Å². The van der Waals surface area contributed by atoms with Crippen LogP contribution in [-0.2, 0) is 11.2 Å². The molecule has 5 heteroatoms. The number of hydrogen-bond donors (Lipinski definition) is 1. The molecule has 0 spiro atoms. The number of benzene rings is 2. The molecule has 110 valence electrons. The van der Waals surface area contributed by atoms with Gasteiger partial charge in [-0.15, -0.1) is 0 Å². The zero-order chi connectivity index (χ0) is 15.1. The van der Waals surface area contributed by atoms with Crippen molar-refractivity contribution in [2.45, 2.75) is 6.42 Å². The molecule has 0 bridgehead atoms. The molecular weight excluding hydrogens is 337 g/mol. The minimum absolute atomic E-state index is 0.0661. The van der Waals surface area contributed by atoms with Gasteiger partial charge in [-0.3, -0.25) is 4.79 Å². The molecular formula is C16H15BrFNO2. The summed E-state index contributed by atoms with van der Waals surface area (Å²) in [6.45, 7) is 0.322. The predicted molar refractivity (Wildman–Crippen MR) is 82.8 cm³/mol. The van der Waals surface area contributed by atoms with Crippen molar-refractivity contribution in [2.24, 2.45) is 0 Å². The molecule has 0 heterocycles. The largest absolute Gasteiger partial charge is 0.481 e. The summed E-state index contributed by atoms with van der Waals surface area (Å²) in [5.41, 5.74) is 1.15. The van der Waals surface area contributed by atoms with Crippen LogP contribution >= 0.6 is 15.9 Å². The Balaban J connectivity index is 1.72. The van der Waals surface area contributed by atoms with E-state index in [2.05, 4.69) is 21.2 Å². The topological polar surface area (TPSA) is 38.3 Å². The molecule has 0 aliphatic rings. The Bertz CT molecular complexity index is 604. The van der Waals surface area contributed by atoms with Crippen LogP contribution in [0, 0.1) is 5.82 Å². The summed E-state index contributed by atoms with van der Waals surface area (Å²) >= 11 is 3.16. The third-order valence-electron chi connectivity index (χ3n) is 2.83. The minimum Gasteiger partial charge on any atom is -0.481 e. The molecule has 0 aliphatic carbocycles. The van der Waals surface area contributed by atoms with Crippen LogP contribution < -0.4 is 10.1 Å². The van der Waals surface area contributed by atoms with Crippen molar-refractivity contribution in [3.8, 4) is 5.75 Å². The number of amides is 1. The second-order valence-electron chi connectivity index (χ2n) is 4.45. The van der Waals surface area contributed by atoms with Crippen molar-refractivity contribution < 1.29 is 13.9 Å². The van der Waals surface area contributed by atoms with Gasteiger partial charge in [0.1, 0.15) is 0 Å². The maximum absolute atomic E-state index is 13.5. The lowest BCUT2D eigenvalue weighted by atomic mass is 10.1. The third kappa shape index (κ3) is 5.19. The van der Waals surface area contributed by atoms with Gasteiger partial charge in [0, 0.05) is 11.0 Å². The van der Waals surface area contributed by atoms with E-state index in [-0.39, 0.29) is 18.3 Å². The van der Waals surface area contributed by atoms with Crippen LogP contribution in [0.1, 0.15) is 5.56 Å². The lowest BCUT2D eigenvalue weighted by Crippen LogP contribution is -2.30. The zero-order valence-corrected chi connectivity index (χ0v) is 12.9. The number of hydrogen-bond acceptors (Lipinski definition) is 2. The third-order valence-corrected chi connectivity index (χ3v) is 3.32. The van der Waals surface area contributed by atoms with E-state index in [0.717, 1.165) is 12.0 Å². The standard InChI is InChI=1S/C16H15BrFNO2/c17-13-6-7-15(14(18)10-13)21-11-16(20)19-9-8-12-4-2-1-3-5-12/h1-7,10H,8-9,11H2,(H,19,20). The van der Waals surface area contributed by atoms with Crippen LogP contribution in [0.2, 0.25) is 0 Å². The first-order valence-corrected chi connectivity index (χ1v) is 7.33. The number of ether oxygens (including phenoxy) is 1. The van der Waals surface area contributed by atoms with Gasteiger partial charge in [0.05, 0.1) is 0 Å². The highest BCUT2D eigenvalue weighted by atomic mass is 79.9. The fourth-order valence-corrected chi connectivity index (χ4v) is 2.11. The molecule has 0 saturated heterocycles. The lowest BCUT2D eigenvalue weighted by Gasteiger charge is -2.08. The van der Waals surface area contributed by atoms with E-state index in [1.54, 1.807) is 6.07 Å². The first-order chi connectivity index (χ1) is 10.1. The normalized spacial score (nSPS) is 10.2. The minimum atomic E-state index is -0.499. The second-order valence-corrected chi connectivity index (χ2v) is 5.36. The first kappa shape index (κ1) is 15.5. The van der Waals surface area contributed by atoms with Crippen molar-refractivity contribution in [1.82, 2.24) is 5.32 Å². The molecule has 0 atom stereocenters. The van der Waals surface area contributed by atoms with Crippen LogP contribution in [0.15, 0.2) is 53.0 Å². The van der Waals surface area contributed by atoms with Crippen LogP contribution in [0.5, 0.6) is 5.75 Å². The van der Waals surface area contributed by atoms with E-state index in [1.807, 2.05) is 30.3 Å². The van der Waals surface area contributed by atoms with Gasteiger partial charge in [0.15, 0.2) is 18.2 Å². The number of halogens is 2. The van der Waals surface area contributed by atoms with Gasteiger partial charge in [-0.25, -0.2) is 4.39 Å². The van der Waals surface area contributed by atoms with Crippen molar-refractivity contribution in [2.75, 3.05) is 13.2 Å². The zero-order valence-electron chi connectivity index (χ0n) is 11.3. The quantitative estimate of drug-likeness (QED) is 0.866. The monoisotopic (exact) mass is 351 g/mol. The van der Waals surface area contributed by atoms with Crippen LogP contribution in [0.4, 0.5) is 4.39 Å². The molecule has 21 heavy (non-hydrogen) atoms. The highest BCUT2D eigenvalue weighted by Gasteiger charge is 2.07. The fourth-order valence-electron chi connectivity index (χ4n) is 1.78. The molecule has 0 saturated carbocycles. The number of carbonyl (C=O) groups excluding carboxylic acids is 1. The molecule has 0 aromatic heterocycles. The van der Waals surface area contributed by atoms with Gasteiger partial charge in [-0.05, 0) is 30.2 Å². The summed E-state index contributed by atoms with van der Waals surface area (Å²) in [7, 11) is 0. The summed E-state index contributed by atoms with van der Waals surface area (Å²) in [5, 5.41) is 2.74. The van der Waals surface area contributed by atoms with Crippen LogP contribution in [-0.4, -0.2) is 19.1 Å². The van der Waals surface area contributed by atoms with Gasteiger partial charge in [-0.2, -0.15) is 0 Å². The second kappa shape index (κ2) is 7.78. The predicted octanol–water partition coefficient (Wildman–Crippen LogP) is 3.33. The maximum atomic E-state index is 13.5. The van der Waals surface area contributed by atoms with Gasteiger partial charge < -0.3 is 10.1 Å². The van der Waals surface area contributed by atoms with Crippen molar-refractivity contribution in [1.29, 1.82) is 0 Å². The average Bonchev–Trinajstić information content (AvgIpc) is 2.47. The Morgan fingerprint density at radius 3 is 2.67 bits per heavy atom. The smallest absolute Gasteiger partial charge is 0.257 e. The molecule has 1 amide bonds. The Labute approximate surface area is 131 Å². The molecule has 3 nitrogen and oxygen atoms in total. The molecule has 2 rings (SSSR count). The molecule has 1 N–H and O–H groups in total. The maximum Gasteiger partial charge on any atom is 0.257 e. The summed E-state index contributed by atoms with van der Waals surface area (Å²) in [6, 6.07) is 14.3. The molecule has 0 fully saturated rings. The number of nitrogens with one attached hydrogen (secondary N) is 1. The van der Waals surface area contributed by atoms with Crippen molar-refractivity contribution in [3.63, 3.8) is 0 Å². The van der Waals surface area contributed by atoms with Gasteiger partial charge in [0.2, 0.25) is 0 Å². The Morgan fingerprint density at radius 1 is 1.19 bits per heavy atom. The SMILES string of the molecule is O=C(COc1ccc(Br)cc1F)NCCc1ccccc1. The van der Waals surface area contributed by atoms with Gasteiger partial charge >= 0.3 is 0 Å². The van der Waals surface area contributed by atoms with Crippen LogP contribution in [0.3, 0.4) is 0 Å². The highest BCUT2D eigenvalue weighted by Crippen LogP contribution is 2.21. The van der Waals surface area contributed by atoms with Gasteiger partial charge in [0.25, 0.3) is 5.91 Å². The summed E-state index contributed by atoms with van der Waals surface area (Å²) in [4.78, 5) is 11.6. The Kier molecular flexibility index (Phi) is 5.75. The molecule has 0 radical (unpaired) electrons. The first-order valence-electron chi connectivity index (χ1n) is 6.53. The van der Waals surface area contributed by atoms with E-state index in [4.69, 9.17) is 4.74 Å². The van der Waals surface area contributed by atoms with E-state index in [0.29, 0.717) is 11.0 Å². The molecule has 2 aromatic rings. The van der Waals surface area contributed by atoms with E-state index >= 15 is 0 Å². The summed E-state index contributed by atoms with van der Waals surface area (Å²) < 4.78 is 19.3. The summed E-state index contributed by atoms with van der Waals surface area (Å²) in [6.07, 6.45) is 0.749. The lowest BCUT2D eigenvalue weighted by molar-refractivity contribution is -0.123. The van der Waals surface area contributed by atoms with E-state index in [9.17, 15) is 9.18 Å². The van der Waals surface area contributed by atoms with Crippen LogP contribution in [0.25, 0.3) is 0 Å². The molecule has 0 unspecified atom stereocenters. The Hall–Kier alpha value is -1.88. The number of rotatable bonds is 6. The Morgan fingerprint density at radius 2 is 1.95 bits per heavy atom. The van der Waals surface area contributed by atoms with Crippen molar-refractivity contribution >= 4 is 21.8 Å². The summed E-state index contributed by atoms with van der Waals surface area (Å²) in [5.74, 6) is -0.703. The molecule has 0 aliphatic heterocycles. The highest BCUT2D eigenvalue weighted by molar-refractivity contribution is 9.10. The van der Waals surface area contributed by atoms with Crippen molar-refractivity contribution in [3.05, 3.63) is 64.4 Å². The number of carbonyl (C=O) groups is 1. The fraction of sp³-hybridized carbons (Fsp3) is 0.188. The molecule has 2 aromatic carbocycles. The van der Waals surface area contributed by atoms with E-state index in [1.165, 1.54) is 12.1 Å². The average molecular weight is 352 g/mol.